The molecule has 1 N–H and O–H groups in total. The molecule has 0 fully saturated rings. The number of hydrogen-bond acceptors (Lipinski definition) is 3. The molecule has 0 aliphatic carbocycles. The maximum absolute atomic E-state index is 12.4. The van der Waals surface area contributed by atoms with Gasteiger partial charge in [0.05, 0.1) is 5.56 Å². The van der Waals surface area contributed by atoms with Crippen LogP contribution >= 0.6 is 15.9 Å². The molecule has 0 unspecified atom stereocenters. The monoisotopic (exact) mass is 283 g/mol. The van der Waals surface area contributed by atoms with Gasteiger partial charge in [-0.15, -0.1) is 0 Å². The Morgan fingerprint density at radius 1 is 1.53 bits per heavy atom. The van der Waals surface area contributed by atoms with E-state index in [9.17, 15) is 18.0 Å². The molecule has 1 heterocycles. The van der Waals surface area contributed by atoms with Gasteiger partial charge in [0.25, 0.3) is 0 Å². The number of aliphatic hydroxyl groups is 1. The lowest BCUT2D eigenvalue weighted by Gasteiger charge is -2.10. The number of nitrogens with zero attached hydrogens (tertiary/aromatic N) is 1. The molecular weight excluding hydrogens is 279 g/mol. The number of alkyl halides is 3. The van der Waals surface area contributed by atoms with Gasteiger partial charge in [-0.05, 0) is 22.0 Å². The molecule has 0 spiro atoms. The molecule has 0 atom stereocenters. The van der Waals surface area contributed by atoms with Gasteiger partial charge in [0, 0.05) is 10.7 Å². The zero-order chi connectivity index (χ0) is 11.6. The van der Waals surface area contributed by atoms with E-state index in [4.69, 9.17) is 5.11 Å². The Morgan fingerprint density at radius 2 is 2.13 bits per heavy atom. The van der Waals surface area contributed by atoms with E-state index in [-0.39, 0.29) is 4.47 Å². The summed E-state index contributed by atoms with van der Waals surface area (Å²) in [6, 6.07) is 0.746. The Balaban J connectivity index is 3.33. The van der Waals surface area contributed by atoms with E-state index in [1.807, 2.05) is 0 Å². The molecule has 0 saturated heterocycles. The van der Waals surface area contributed by atoms with Crippen LogP contribution < -0.4 is 0 Å². The fourth-order valence-electron chi connectivity index (χ4n) is 0.952. The molecule has 82 valence electrons. The summed E-state index contributed by atoms with van der Waals surface area (Å²) < 4.78 is 37.4. The van der Waals surface area contributed by atoms with Crippen molar-refractivity contribution in [2.75, 3.05) is 6.61 Å². The van der Waals surface area contributed by atoms with Gasteiger partial charge in [0.2, 0.25) is 5.78 Å². The molecule has 0 radical (unpaired) electrons. The lowest BCUT2D eigenvalue weighted by molar-refractivity contribution is -0.138. The van der Waals surface area contributed by atoms with E-state index in [0.717, 1.165) is 12.3 Å². The second-order valence-corrected chi connectivity index (χ2v) is 3.54. The van der Waals surface area contributed by atoms with Gasteiger partial charge in [-0.3, -0.25) is 9.78 Å². The number of rotatable bonds is 2. The predicted molar refractivity (Wildman–Crippen MR) is 48.4 cm³/mol. The molecule has 0 aromatic carbocycles. The number of Topliss-reactive ketones (excluding diaryl/α,β-unsaturated/α-hetero) is 1. The maximum atomic E-state index is 12.4. The average molecular weight is 284 g/mol. The van der Waals surface area contributed by atoms with Gasteiger partial charge in [-0.2, -0.15) is 13.2 Å². The van der Waals surface area contributed by atoms with E-state index in [1.165, 1.54) is 0 Å². The lowest BCUT2D eigenvalue weighted by Crippen LogP contribution is -2.17. The summed E-state index contributed by atoms with van der Waals surface area (Å²) in [5.74, 6) is -1.06. The minimum Gasteiger partial charge on any atom is -0.388 e. The molecule has 15 heavy (non-hydrogen) atoms. The highest BCUT2D eigenvalue weighted by molar-refractivity contribution is 9.10. The number of aromatic nitrogens is 1. The molecule has 7 heteroatoms. The van der Waals surface area contributed by atoms with Crippen molar-refractivity contribution in [2.45, 2.75) is 6.18 Å². The highest BCUT2D eigenvalue weighted by Gasteiger charge is 2.36. The first-order chi connectivity index (χ1) is 6.86. The van der Waals surface area contributed by atoms with Crippen LogP contribution in [0.3, 0.4) is 0 Å². The van der Waals surface area contributed by atoms with Gasteiger partial charge in [0.1, 0.15) is 12.3 Å². The summed E-state index contributed by atoms with van der Waals surface area (Å²) in [5.41, 5.74) is -1.93. The summed E-state index contributed by atoms with van der Waals surface area (Å²) in [7, 11) is 0. The summed E-state index contributed by atoms with van der Waals surface area (Å²) in [6.07, 6.45) is -3.60. The molecule has 0 aliphatic heterocycles. The molecule has 1 aromatic rings. The van der Waals surface area contributed by atoms with Crippen LogP contribution in [-0.4, -0.2) is 22.5 Å². The Labute approximate surface area is 91.1 Å². The molecule has 1 aromatic heterocycles. The topological polar surface area (TPSA) is 50.2 Å². The second-order valence-electron chi connectivity index (χ2n) is 2.63. The van der Waals surface area contributed by atoms with Gasteiger partial charge >= 0.3 is 6.18 Å². The molecule has 0 amide bonds. The zero-order valence-corrected chi connectivity index (χ0v) is 8.76. The average Bonchev–Trinajstić information content (AvgIpc) is 2.15. The lowest BCUT2D eigenvalue weighted by atomic mass is 10.1. The fraction of sp³-hybridized carbons (Fsp3) is 0.250. The minimum absolute atomic E-state index is 0.115. The highest BCUT2D eigenvalue weighted by Crippen LogP contribution is 2.32. The third-order valence-electron chi connectivity index (χ3n) is 1.57. The van der Waals surface area contributed by atoms with Gasteiger partial charge in [-0.25, -0.2) is 0 Å². The Morgan fingerprint density at radius 3 is 2.60 bits per heavy atom. The molecule has 0 saturated carbocycles. The van der Waals surface area contributed by atoms with Crippen LogP contribution in [0.15, 0.2) is 16.7 Å². The molecule has 1 rings (SSSR count). The van der Waals surface area contributed by atoms with Crippen molar-refractivity contribution >= 4 is 21.7 Å². The number of hydrogen-bond donors (Lipinski definition) is 1. The molecular formula is C8H5BrF3NO2. The number of aliphatic hydroxyl groups excluding tert-OH is 1. The van der Waals surface area contributed by atoms with E-state index in [1.54, 1.807) is 0 Å². The first-order valence-corrected chi connectivity index (χ1v) is 4.52. The second kappa shape index (κ2) is 4.28. The summed E-state index contributed by atoms with van der Waals surface area (Å²) in [6.45, 7) is -1.00. The maximum Gasteiger partial charge on any atom is 0.418 e. The zero-order valence-electron chi connectivity index (χ0n) is 7.18. The Kier molecular flexibility index (Phi) is 3.46. The molecule has 0 bridgehead atoms. The summed E-state index contributed by atoms with van der Waals surface area (Å²) in [5, 5.41) is 8.48. The summed E-state index contributed by atoms with van der Waals surface area (Å²) >= 11 is 2.82. The van der Waals surface area contributed by atoms with E-state index in [2.05, 4.69) is 20.9 Å². The number of pyridine rings is 1. The van der Waals surface area contributed by atoms with Crippen LogP contribution in [0.2, 0.25) is 0 Å². The van der Waals surface area contributed by atoms with Gasteiger partial charge in [-0.1, -0.05) is 0 Å². The van der Waals surface area contributed by atoms with Crippen molar-refractivity contribution < 1.29 is 23.1 Å². The van der Waals surface area contributed by atoms with Crippen LogP contribution in [0.1, 0.15) is 16.1 Å². The number of carbonyl (C=O) groups is 1. The first kappa shape index (κ1) is 12.1. The Bertz CT molecular complexity index is 392. The van der Waals surface area contributed by atoms with Crippen LogP contribution in [0.4, 0.5) is 13.2 Å². The predicted octanol–water partition coefficient (Wildman–Crippen LogP) is 2.04. The van der Waals surface area contributed by atoms with Crippen molar-refractivity contribution in [3.05, 3.63) is 28.0 Å². The third kappa shape index (κ3) is 2.75. The molecule has 3 nitrogen and oxygen atoms in total. The van der Waals surface area contributed by atoms with E-state index >= 15 is 0 Å². The van der Waals surface area contributed by atoms with Gasteiger partial charge in [0.15, 0.2) is 0 Å². The number of halogens is 4. The van der Waals surface area contributed by atoms with Crippen molar-refractivity contribution in [1.29, 1.82) is 0 Å². The smallest absolute Gasteiger partial charge is 0.388 e. The SMILES string of the molecule is O=C(CO)c1ncc(Br)cc1C(F)(F)F. The van der Waals surface area contributed by atoms with Crippen LogP contribution in [0.25, 0.3) is 0 Å². The van der Waals surface area contributed by atoms with Crippen LogP contribution in [0, 0.1) is 0 Å². The van der Waals surface area contributed by atoms with Crippen LogP contribution in [-0.2, 0) is 6.18 Å². The Hall–Kier alpha value is -0.950. The van der Waals surface area contributed by atoms with E-state index in [0.29, 0.717) is 0 Å². The van der Waals surface area contributed by atoms with Crippen LogP contribution in [0.5, 0.6) is 0 Å². The van der Waals surface area contributed by atoms with Crippen molar-refractivity contribution in [2.24, 2.45) is 0 Å². The fourth-order valence-corrected chi connectivity index (χ4v) is 1.28. The van der Waals surface area contributed by atoms with Crippen molar-refractivity contribution in [1.82, 2.24) is 4.98 Å². The normalized spacial score (nSPS) is 11.5. The summed E-state index contributed by atoms with van der Waals surface area (Å²) in [4.78, 5) is 14.3. The first-order valence-electron chi connectivity index (χ1n) is 3.73. The quantitative estimate of drug-likeness (QED) is 0.845. The van der Waals surface area contributed by atoms with Crippen molar-refractivity contribution in [3.63, 3.8) is 0 Å². The standard InChI is InChI=1S/C8H5BrF3NO2/c9-4-1-5(8(10,11)12)7(13-2-4)6(15)3-14/h1-2,14H,3H2. The van der Waals surface area contributed by atoms with Crippen molar-refractivity contribution in [3.8, 4) is 0 Å². The third-order valence-corrected chi connectivity index (χ3v) is 2.00. The highest BCUT2D eigenvalue weighted by atomic mass is 79.9. The molecule has 0 aliphatic rings. The van der Waals surface area contributed by atoms with Gasteiger partial charge < -0.3 is 5.11 Å². The largest absolute Gasteiger partial charge is 0.418 e. The number of ketones is 1. The number of carbonyl (C=O) groups excluding carboxylic acids is 1. The van der Waals surface area contributed by atoms with E-state index < -0.39 is 29.8 Å². The minimum atomic E-state index is -4.67.